The lowest BCUT2D eigenvalue weighted by Gasteiger charge is -2.03. The molecule has 88 valence electrons. The predicted molar refractivity (Wildman–Crippen MR) is 79.2 cm³/mol. The van der Waals surface area contributed by atoms with Gasteiger partial charge in [0.05, 0.1) is 3.79 Å². The van der Waals surface area contributed by atoms with E-state index >= 15 is 0 Å². The molecule has 0 N–H and O–H groups in total. The molecule has 1 aromatic carbocycles. The fourth-order valence-electron chi connectivity index (χ4n) is 1.42. The third-order valence-electron chi connectivity index (χ3n) is 2.20. The number of hydrogen-bond donors (Lipinski definition) is 0. The average molecular weight is 395 g/mol. The van der Waals surface area contributed by atoms with E-state index in [1.807, 2.05) is 12.1 Å². The lowest BCUT2D eigenvalue weighted by Crippen LogP contribution is -2.03. The molecule has 5 heteroatoms. The van der Waals surface area contributed by atoms with Crippen molar-refractivity contribution in [2.45, 2.75) is 6.42 Å². The second-order valence-electron chi connectivity index (χ2n) is 3.43. The van der Waals surface area contributed by atoms with Gasteiger partial charge in [0.15, 0.2) is 5.78 Å². The molecule has 0 saturated heterocycles. The van der Waals surface area contributed by atoms with Crippen LogP contribution in [0.5, 0.6) is 0 Å². The van der Waals surface area contributed by atoms with E-state index in [9.17, 15) is 4.79 Å². The topological polar surface area (TPSA) is 17.1 Å². The Balaban J connectivity index is 2.20. The van der Waals surface area contributed by atoms with Gasteiger partial charge in [-0.2, -0.15) is 0 Å². The standard InChI is InChI=1S/C12H7Br2ClOS/c13-10-5-7(15)1-3-9(10)11(16)6-8-2-4-12(14)17-8/h1-5H,6H2. The summed E-state index contributed by atoms with van der Waals surface area (Å²) in [5.74, 6) is 0.0860. The first-order valence-electron chi connectivity index (χ1n) is 4.79. The molecule has 0 spiro atoms. The number of Topliss-reactive ketones (excluding diaryl/α,β-unsaturated/α-hetero) is 1. The molecule has 17 heavy (non-hydrogen) atoms. The number of halogens is 3. The average Bonchev–Trinajstić information content (AvgIpc) is 2.63. The van der Waals surface area contributed by atoms with E-state index in [1.54, 1.807) is 29.5 Å². The quantitative estimate of drug-likeness (QED) is 0.641. The van der Waals surface area contributed by atoms with Gasteiger partial charge in [0.2, 0.25) is 0 Å². The Bertz CT molecular complexity index is 565. The highest BCUT2D eigenvalue weighted by Crippen LogP contribution is 2.26. The molecule has 2 aromatic rings. The molecule has 0 fully saturated rings. The van der Waals surface area contributed by atoms with Crippen LogP contribution in [-0.2, 0) is 6.42 Å². The van der Waals surface area contributed by atoms with Crippen molar-refractivity contribution in [2.24, 2.45) is 0 Å². The molecule has 0 amide bonds. The van der Waals surface area contributed by atoms with E-state index in [-0.39, 0.29) is 5.78 Å². The van der Waals surface area contributed by atoms with Crippen molar-refractivity contribution in [3.8, 4) is 0 Å². The van der Waals surface area contributed by atoms with Crippen LogP contribution in [-0.4, -0.2) is 5.78 Å². The maximum atomic E-state index is 12.1. The molecule has 1 heterocycles. The largest absolute Gasteiger partial charge is 0.294 e. The Morgan fingerprint density at radius 3 is 2.59 bits per heavy atom. The lowest BCUT2D eigenvalue weighted by atomic mass is 10.1. The van der Waals surface area contributed by atoms with Gasteiger partial charge in [-0.05, 0) is 62.2 Å². The first-order valence-corrected chi connectivity index (χ1v) is 7.57. The molecular weight excluding hydrogens is 387 g/mol. The monoisotopic (exact) mass is 392 g/mol. The molecule has 2 rings (SSSR count). The lowest BCUT2D eigenvalue weighted by molar-refractivity contribution is 0.0993. The van der Waals surface area contributed by atoms with Crippen LogP contribution in [0, 0.1) is 0 Å². The minimum absolute atomic E-state index is 0.0860. The van der Waals surface area contributed by atoms with Gasteiger partial charge in [0.25, 0.3) is 0 Å². The van der Waals surface area contributed by atoms with E-state index in [0.29, 0.717) is 17.0 Å². The Hall–Kier alpha value is -0.160. The van der Waals surface area contributed by atoms with Gasteiger partial charge >= 0.3 is 0 Å². The fourth-order valence-corrected chi connectivity index (χ4v) is 3.80. The molecule has 0 aliphatic heterocycles. The molecule has 0 atom stereocenters. The van der Waals surface area contributed by atoms with Crippen LogP contribution in [0.4, 0.5) is 0 Å². The SMILES string of the molecule is O=C(Cc1ccc(Br)s1)c1ccc(Cl)cc1Br. The molecular formula is C12H7Br2ClOS. The number of thiophene rings is 1. The van der Waals surface area contributed by atoms with E-state index < -0.39 is 0 Å². The van der Waals surface area contributed by atoms with E-state index in [4.69, 9.17) is 11.6 Å². The third kappa shape index (κ3) is 3.41. The summed E-state index contributed by atoms with van der Waals surface area (Å²) in [6, 6.07) is 9.11. The molecule has 0 unspecified atom stereocenters. The molecule has 0 radical (unpaired) electrons. The van der Waals surface area contributed by atoms with Gasteiger partial charge < -0.3 is 0 Å². The second kappa shape index (κ2) is 5.65. The highest BCUT2D eigenvalue weighted by atomic mass is 79.9. The number of hydrogen-bond acceptors (Lipinski definition) is 2. The first-order chi connectivity index (χ1) is 8.06. The summed E-state index contributed by atoms with van der Waals surface area (Å²) in [7, 11) is 0. The molecule has 0 saturated carbocycles. The second-order valence-corrected chi connectivity index (χ2v) is 7.27. The van der Waals surface area contributed by atoms with Crippen molar-refractivity contribution in [3.63, 3.8) is 0 Å². The molecule has 0 aliphatic carbocycles. The van der Waals surface area contributed by atoms with Crippen LogP contribution < -0.4 is 0 Å². The van der Waals surface area contributed by atoms with Gasteiger partial charge in [0.1, 0.15) is 0 Å². The number of rotatable bonds is 3. The Kier molecular flexibility index (Phi) is 4.42. The zero-order valence-corrected chi connectivity index (χ0v) is 13.3. The predicted octanol–water partition coefficient (Wildman–Crippen LogP) is 5.35. The fraction of sp³-hybridized carbons (Fsp3) is 0.0833. The van der Waals surface area contributed by atoms with Crippen molar-refractivity contribution in [3.05, 3.63) is 54.1 Å². The Labute approximate surface area is 125 Å². The van der Waals surface area contributed by atoms with Gasteiger partial charge in [-0.15, -0.1) is 11.3 Å². The van der Waals surface area contributed by atoms with Crippen LogP contribution in [0.1, 0.15) is 15.2 Å². The minimum Gasteiger partial charge on any atom is -0.294 e. The summed E-state index contributed by atoms with van der Waals surface area (Å²) < 4.78 is 1.78. The number of ketones is 1. The Morgan fingerprint density at radius 1 is 1.24 bits per heavy atom. The van der Waals surface area contributed by atoms with Crippen molar-refractivity contribution >= 4 is 60.6 Å². The van der Waals surface area contributed by atoms with Crippen molar-refractivity contribution in [1.82, 2.24) is 0 Å². The van der Waals surface area contributed by atoms with Crippen LogP contribution >= 0.6 is 54.8 Å². The first kappa shape index (κ1) is 13.3. The summed E-state index contributed by atoms with van der Waals surface area (Å²) in [5.41, 5.74) is 0.666. The number of carbonyl (C=O) groups is 1. The molecule has 0 aliphatic rings. The van der Waals surface area contributed by atoms with E-state index in [1.165, 1.54) is 0 Å². The van der Waals surface area contributed by atoms with Crippen LogP contribution in [0.15, 0.2) is 38.6 Å². The summed E-state index contributed by atoms with van der Waals surface area (Å²) in [6.45, 7) is 0. The van der Waals surface area contributed by atoms with Crippen LogP contribution in [0.3, 0.4) is 0 Å². The number of benzene rings is 1. The van der Waals surface area contributed by atoms with Crippen LogP contribution in [0.25, 0.3) is 0 Å². The zero-order valence-electron chi connectivity index (χ0n) is 8.54. The molecule has 1 aromatic heterocycles. The van der Waals surface area contributed by atoms with Gasteiger partial charge in [-0.3, -0.25) is 4.79 Å². The summed E-state index contributed by atoms with van der Waals surface area (Å²) in [6.07, 6.45) is 0.413. The zero-order chi connectivity index (χ0) is 12.4. The summed E-state index contributed by atoms with van der Waals surface area (Å²) in [4.78, 5) is 13.1. The van der Waals surface area contributed by atoms with Gasteiger partial charge in [0, 0.05) is 26.4 Å². The molecule has 1 nitrogen and oxygen atoms in total. The maximum absolute atomic E-state index is 12.1. The molecule has 0 bridgehead atoms. The normalized spacial score (nSPS) is 10.5. The van der Waals surface area contributed by atoms with E-state index in [0.717, 1.165) is 13.1 Å². The van der Waals surface area contributed by atoms with Gasteiger partial charge in [-0.25, -0.2) is 0 Å². The maximum Gasteiger partial charge on any atom is 0.169 e. The highest BCUT2D eigenvalue weighted by molar-refractivity contribution is 9.11. The minimum atomic E-state index is 0.0860. The summed E-state index contributed by atoms with van der Waals surface area (Å²) >= 11 is 14.2. The van der Waals surface area contributed by atoms with Crippen LogP contribution in [0.2, 0.25) is 5.02 Å². The number of carbonyl (C=O) groups excluding carboxylic acids is 1. The Morgan fingerprint density at radius 2 is 2.00 bits per heavy atom. The third-order valence-corrected chi connectivity index (χ3v) is 4.71. The smallest absolute Gasteiger partial charge is 0.169 e. The van der Waals surface area contributed by atoms with Gasteiger partial charge in [-0.1, -0.05) is 11.6 Å². The highest BCUT2D eigenvalue weighted by Gasteiger charge is 2.12. The summed E-state index contributed by atoms with van der Waals surface area (Å²) in [5, 5.41) is 0.618. The van der Waals surface area contributed by atoms with E-state index in [2.05, 4.69) is 31.9 Å². The van der Waals surface area contributed by atoms with Crippen molar-refractivity contribution in [1.29, 1.82) is 0 Å². The van der Waals surface area contributed by atoms with Crippen molar-refractivity contribution in [2.75, 3.05) is 0 Å². The van der Waals surface area contributed by atoms with Crippen molar-refractivity contribution < 1.29 is 4.79 Å².